The number of anilines is 1. The zero-order valence-corrected chi connectivity index (χ0v) is 23.9. The number of benzene rings is 3. The first kappa shape index (κ1) is 27.9. The van der Waals surface area contributed by atoms with Crippen LogP contribution in [0.4, 0.5) is 5.69 Å². The lowest BCUT2D eigenvalue weighted by Crippen LogP contribution is -2.62. The largest absolute Gasteiger partial charge is 0.496 e. The molecule has 3 aromatic rings. The molecule has 202 valence electrons. The molecule has 1 aliphatic rings. The van der Waals surface area contributed by atoms with E-state index in [4.69, 9.17) is 14.2 Å². The highest BCUT2D eigenvalue weighted by Gasteiger charge is 2.48. The normalized spacial score (nSPS) is 19.9. The van der Waals surface area contributed by atoms with Gasteiger partial charge < -0.3 is 29.7 Å². The first-order chi connectivity index (χ1) is 18.2. The number of amides is 2. The molecule has 0 aliphatic carbocycles. The summed E-state index contributed by atoms with van der Waals surface area (Å²) in [7, 11) is 4.92. The van der Waals surface area contributed by atoms with Crippen molar-refractivity contribution in [1.82, 2.24) is 10.6 Å². The smallest absolute Gasteiger partial charge is 0.254 e. The van der Waals surface area contributed by atoms with Crippen LogP contribution in [-0.2, 0) is 20.9 Å². The van der Waals surface area contributed by atoms with Crippen LogP contribution in [0.2, 0.25) is 0 Å². The zero-order valence-electron chi connectivity index (χ0n) is 22.3. The van der Waals surface area contributed by atoms with Crippen molar-refractivity contribution in [2.45, 2.75) is 44.5 Å². The molecule has 1 aliphatic heterocycles. The van der Waals surface area contributed by atoms with Crippen molar-refractivity contribution in [3.8, 4) is 11.5 Å². The molecular formula is C29H34BrN3O5. The molecule has 1 heterocycles. The van der Waals surface area contributed by atoms with Gasteiger partial charge in [0.25, 0.3) is 5.91 Å². The number of nitrogens with one attached hydrogen (secondary N) is 2. The van der Waals surface area contributed by atoms with Crippen molar-refractivity contribution < 1.29 is 23.8 Å². The van der Waals surface area contributed by atoms with Crippen molar-refractivity contribution in [3.63, 3.8) is 0 Å². The number of methoxy groups -OCH3 is 2. The molecule has 0 spiro atoms. The Kier molecular flexibility index (Phi) is 8.60. The predicted octanol–water partition coefficient (Wildman–Crippen LogP) is 4.42. The number of hydrogen-bond donors (Lipinski definition) is 2. The van der Waals surface area contributed by atoms with Gasteiger partial charge in [0.05, 0.1) is 32.0 Å². The average Bonchev–Trinajstić information content (AvgIpc) is 3.00. The highest BCUT2D eigenvalue weighted by atomic mass is 79.9. The molecule has 2 unspecified atom stereocenters. The van der Waals surface area contributed by atoms with Gasteiger partial charge in [-0.15, -0.1) is 0 Å². The van der Waals surface area contributed by atoms with Crippen LogP contribution in [-0.4, -0.2) is 57.4 Å². The number of rotatable bonds is 9. The lowest BCUT2D eigenvalue weighted by atomic mass is 9.91. The van der Waals surface area contributed by atoms with Gasteiger partial charge in [-0.2, -0.15) is 0 Å². The molecule has 2 N–H and O–H groups in total. The molecule has 0 saturated carbocycles. The summed E-state index contributed by atoms with van der Waals surface area (Å²) in [5, 5.41) is 7.89. The van der Waals surface area contributed by atoms with Gasteiger partial charge >= 0.3 is 0 Å². The first-order valence-electron chi connectivity index (χ1n) is 12.5. The predicted molar refractivity (Wildman–Crippen MR) is 152 cm³/mol. The van der Waals surface area contributed by atoms with E-state index in [1.807, 2.05) is 61.5 Å². The van der Waals surface area contributed by atoms with E-state index in [1.54, 1.807) is 33.1 Å². The fourth-order valence-electron chi connectivity index (χ4n) is 4.75. The van der Waals surface area contributed by atoms with Gasteiger partial charge in [0.2, 0.25) is 5.91 Å². The van der Waals surface area contributed by atoms with Crippen LogP contribution in [0.1, 0.15) is 25.8 Å². The van der Waals surface area contributed by atoms with E-state index in [2.05, 4.69) is 26.6 Å². The Morgan fingerprint density at radius 3 is 2.66 bits per heavy atom. The summed E-state index contributed by atoms with van der Waals surface area (Å²) in [5.41, 5.74) is 0.417. The maximum Gasteiger partial charge on any atom is 0.254 e. The SMILES string of the molecule is CN[C@@H](C)C(=O)NC1C(=O)N(Cc2c(OC)ccc3cc(Br)ccc23)c2ccccc2OC1(C)CCOC. The Morgan fingerprint density at radius 1 is 1.18 bits per heavy atom. The molecule has 9 heteroatoms. The van der Waals surface area contributed by atoms with Crippen molar-refractivity contribution in [2.24, 2.45) is 0 Å². The Balaban J connectivity index is 1.86. The number of ether oxygens (including phenoxy) is 3. The van der Waals surface area contributed by atoms with Gasteiger partial charge in [0.15, 0.2) is 0 Å². The Bertz CT molecular complexity index is 1330. The number of hydrogen-bond acceptors (Lipinski definition) is 6. The molecule has 0 fully saturated rings. The van der Waals surface area contributed by atoms with Crippen LogP contribution in [0.25, 0.3) is 10.8 Å². The molecule has 0 saturated heterocycles. The van der Waals surface area contributed by atoms with Gasteiger partial charge in [-0.05, 0) is 62.0 Å². The third-order valence-electron chi connectivity index (χ3n) is 7.12. The standard InChI is InChI=1S/C29H34BrN3O5/c1-18(31-3)27(34)32-26-28(35)33(23-8-6-7-9-25(23)38-29(26,2)14-15-36-4)17-22-21-12-11-20(30)16-19(21)10-13-24(22)37-5/h6-13,16,18,26,31H,14-15,17H2,1-5H3,(H,32,34)/t18-,26?,29?/m0/s1. The molecule has 38 heavy (non-hydrogen) atoms. The maximum atomic E-state index is 14.4. The second-order valence-corrected chi connectivity index (χ2v) is 10.5. The van der Waals surface area contributed by atoms with E-state index in [0.29, 0.717) is 30.2 Å². The second kappa shape index (κ2) is 11.7. The number of fused-ring (bicyclic) bond motifs is 2. The summed E-state index contributed by atoms with van der Waals surface area (Å²) in [5.74, 6) is 0.652. The molecule has 0 aromatic heterocycles. The van der Waals surface area contributed by atoms with Crippen molar-refractivity contribution in [2.75, 3.05) is 32.8 Å². The number of para-hydroxylation sites is 2. The minimum Gasteiger partial charge on any atom is -0.496 e. The fourth-order valence-corrected chi connectivity index (χ4v) is 5.12. The monoisotopic (exact) mass is 583 g/mol. The van der Waals surface area contributed by atoms with Gasteiger partial charge in [0, 0.05) is 23.6 Å². The molecule has 3 aromatic carbocycles. The third kappa shape index (κ3) is 5.50. The average molecular weight is 585 g/mol. The highest BCUT2D eigenvalue weighted by Crippen LogP contribution is 2.40. The van der Waals surface area contributed by atoms with Crippen molar-refractivity contribution in [1.29, 1.82) is 0 Å². The fraction of sp³-hybridized carbons (Fsp3) is 0.379. The van der Waals surface area contributed by atoms with E-state index < -0.39 is 17.7 Å². The molecule has 0 radical (unpaired) electrons. The molecule has 2 amide bonds. The summed E-state index contributed by atoms with van der Waals surface area (Å²) in [6, 6.07) is 15.9. The van der Waals surface area contributed by atoms with Crippen LogP contribution < -0.4 is 25.0 Å². The Labute approximate surface area is 231 Å². The van der Waals surface area contributed by atoms with E-state index in [1.165, 1.54) is 0 Å². The number of carbonyl (C=O) groups excluding carboxylic acids is 2. The number of halogens is 1. The number of carbonyl (C=O) groups is 2. The van der Waals surface area contributed by atoms with Crippen LogP contribution >= 0.6 is 15.9 Å². The Morgan fingerprint density at radius 2 is 1.95 bits per heavy atom. The van der Waals surface area contributed by atoms with Crippen molar-refractivity contribution in [3.05, 3.63) is 64.6 Å². The summed E-state index contributed by atoms with van der Waals surface area (Å²) >= 11 is 3.55. The van der Waals surface area contributed by atoms with Crippen LogP contribution in [0.3, 0.4) is 0 Å². The van der Waals surface area contributed by atoms with Crippen LogP contribution in [0, 0.1) is 0 Å². The van der Waals surface area contributed by atoms with E-state index in [0.717, 1.165) is 20.8 Å². The van der Waals surface area contributed by atoms with Crippen molar-refractivity contribution >= 4 is 44.2 Å². The van der Waals surface area contributed by atoms with E-state index >= 15 is 0 Å². The van der Waals surface area contributed by atoms with E-state index in [-0.39, 0.29) is 18.4 Å². The topological polar surface area (TPSA) is 89.1 Å². The van der Waals surface area contributed by atoms with Gasteiger partial charge in [-0.25, -0.2) is 0 Å². The summed E-state index contributed by atoms with van der Waals surface area (Å²) < 4.78 is 18.6. The molecule has 4 rings (SSSR count). The maximum absolute atomic E-state index is 14.4. The molecule has 3 atom stereocenters. The zero-order chi connectivity index (χ0) is 27.4. The molecule has 0 bridgehead atoms. The number of likely N-dealkylation sites (N-methyl/N-ethyl adjacent to an activating group) is 1. The lowest BCUT2D eigenvalue weighted by molar-refractivity contribution is -0.133. The minimum absolute atomic E-state index is 0.218. The number of nitrogens with zero attached hydrogens (tertiary/aromatic N) is 1. The summed E-state index contributed by atoms with van der Waals surface area (Å²) in [4.78, 5) is 29.2. The van der Waals surface area contributed by atoms with Gasteiger partial charge in [-0.3, -0.25) is 9.59 Å². The lowest BCUT2D eigenvalue weighted by Gasteiger charge is -2.36. The van der Waals surface area contributed by atoms with Gasteiger partial charge in [-0.1, -0.05) is 40.2 Å². The van der Waals surface area contributed by atoms with E-state index in [9.17, 15) is 9.59 Å². The summed E-state index contributed by atoms with van der Waals surface area (Å²) in [6.07, 6.45) is 0.391. The molecular weight excluding hydrogens is 550 g/mol. The highest BCUT2D eigenvalue weighted by molar-refractivity contribution is 9.10. The quantitative estimate of drug-likeness (QED) is 0.387. The van der Waals surface area contributed by atoms with Gasteiger partial charge in [0.1, 0.15) is 23.1 Å². The minimum atomic E-state index is -1.06. The third-order valence-corrected chi connectivity index (χ3v) is 7.62. The first-order valence-corrected chi connectivity index (χ1v) is 13.3. The second-order valence-electron chi connectivity index (χ2n) is 9.61. The van der Waals surface area contributed by atoms with Crippen LogP contribution in [0.5, 0.6) is 11.5 Å². The molecule has 8 nitrogen and oxygen atoms in total. The summed E-state index contributed by atoms with van der Waals surface area (Å²) in [6.45, 7) is 4.16. The van der Waals surface area contributed by atoms with Crippen LogP contribution in [0.15, 0.2) is 59.1 Å². The Hall–Kier alpha value is -3.14.